The van der Waals surface area contributed by atoms with E-state index in [0.29, 0.717) is 24.9 Å². The van der Waals surface area contributed by atoms with E-state index in [1.54, 1.807) is 18.0 Å². The van der Waals surface area contributed by atoms with Crippen LogP contribution in [0.5, 0.6) is 0 Å². The third kappa shape index (κ3) is 6.39. The number of benzene rings is 1. The van der Waals surface area contributed by atoms with E-state index in [2.05, 4.69) is 27.5 Å². The van der Waals surface area contributed by atoms with Crippen LogP contribution in [0.1, 0.15) is 24.6 Å². The normalized spacial score (nSPS) is 19.6. The van der Waals surface area contributed by atoms with Crippen LogP contribution in [0.25, 0.3) is 11.5 Å². The van der Waals surface area contributed by atoms with Gasteiger partial charge in [0.2, 0.25) is 5.89 Å². The summed E-state index contributed by atoms with van der Waals surface area (Å²) in [5, 5.41) is 16.9. The molecule has 1 unspecified atom stereocenters. The van der Waals surface area contributed by atoms with Gasteiger partial charge < -0.3 is 20.2 Å². The largest absolute Gasteiger partial charge is 0.444 e. The second-order valence-corrected chi connectivity index (χ2v) is 7.69. The summed E-state index contributed by atoms with van der Waals surface area (Å²) in [6.45, 7) is 5.74. The summed E-state index contributed by atoms with van der Waals surface area (Å²) in [5.74, 6) is 3.05. The Labute approximate surface area is 181 Å². The van der Waals surface area contributed by atoms with Gasteiger partial charge in [-0.05, 0) is 38.2 Å². The van der Waals surface area contributed by atoms with Crippen molar-refractivity contribution >= 4 is 41.7 Å². The first kappa shape index (κ1) is 22.0. The molecule has 0 spiro atoms. The molecule has 0 saturated carbocycles. The van der Waals surface area contributed by atoms with Crippen molar-refractivity contribution in [3.8, 4) is 11.5 Å². The first-order chi connectivity index (χ1) is 12.6. The minimum absolute atomic E-state index is 0. The highest BCUT2D eigenvalue weighted by molar-refractivity contribution is 14.0. The SMILES string of the molecule is CCNC(=NCc1coc(-c2ccc(C)cc2)n1)NCC1(O)CCSC1.I. The number of aliphatic imine (C=N–C) groups is 1. The van der Waals surface area contributed by atoms with Gasteiger partial charge in [-0.25, -0.2) is 9.98 Å². The van der Waals surface area contributed by atoms with E-state index in [-0.39, 0.29) is 24.0 Å². The monoisotopic (exact) mass is 502 g/mol. The van der Waals surface area contributed by atoms with Crippen LogP contribution in [0.15, 0.2) is 39.9 Å². The zero-order valence-corrected chi connectivity index (χ0v) is 18.8. The van der Waals surface area contributed by atoms with Crippen molar-refractivity contribution in [1.29, 1.82) is 0 Å². The molecule has 2 heterocycles. The van der Waals surface area contributed by atoms with Crippen LogP contribution in [0, 0.1) is 6.92 Å². The summed E-state index contributed by atoms with van der Waals surface area (Å²) in [5.41, 5.74) is 2.28. The van der Waals surface area contributed by atoms with Crippen molar-refractivity contribution in [2.24, 2.45) is 4.99 Å². The minimum Gasteiger partial charge on any atom is -0.444 e. The van der Waals surface area contributed by atoms with Crippen molar-refractivity contribution in [1.82, 2.24) is 15.6 Å². The fourth-order valence-corrected chi connectivity index (χ4v) is 3.99. The molecule has 1 aromatic heterocycles. The van der Waals surface area contributed by atoms with Crippen LogP contribution in [0.3, 0.4) is 0 Å². The Bertz CT molecular complexity index is 742. The van der Waals surface area contributed by atoms with Gasteiger partial charge in [-0.1, -0.05) is 17.7 Å². The maximum absolute atomic E-state index is 10.4. The molecule has 1 aliphatic rings. The van der Waals surface area contributed by atoms with Crippen molar-refractivity contribution in [3.63, 3.8) is 0 Å². The van der Waals surface area contributed by atoms with Gasteiger partial charge in [-0.15, -0.1) is 24.0 Å². The number of rotatable bonds is 6. The van der Waals surface area contributed by atoms with E-state index in [4.69, 9.17) is 4.42 Å². The lowest BCUT2D eigenvalue weighted by molar-refractivity contribution is 0.0724. The maximum Gasteiger partial charge on any atom is 0.226 e. The lowest BCUT2D eigenvalue weighted by atomic mass is 10.0. The molecule has 1 aromatic carbocycles. The minimum atomic E-state index is -0.645. The Kier molecular flexibility index (Phi) is 8.43. The molecule has 8 heteroatoms. The van der Waals surface area contributed by atoms with Gasteiger partial charge in [-0.3, -0.25) is 0 Å². The molecular formula is C19H27IN4O2S. The van der Waals surface area contributed by atoms with Gasteiger partial charge in [-0.2, -0.15) is 11.8 Å². The van der Waals surface area contributed by atoms with Crippen molar-refractivity contribution in [2.45, 2.75) is 32.4 Å². The molecule has 1 atom stereocenters. The lowest BCUT2D eigenvalue weighted by Crippen LogP contribution is -2.47. The van der Waals surface area contributed by atoms with Crippen molar-refractivity contribution in [3.05, 3.63) is 41.8 Å². The van der Waals surface area contributed by atoms with Gasteiger partial charge in [0.05, 0.1) is 12.1 Å². The van der Waals surface area contributed by atoms with Crippen LogP contribution in [-0.4, -0.2) is 46.2 Å². The number of nitrogens with one attached hydrogen (secondary N) is 2. The van der Waals surface area contributed by atoms with Crippen LogP contribution in [0.2, 0.25) is 0 Å². The Morgan fingerprint density at radius 1 is 1.33 bits per heavy atom. The summed E-state index contributed by atoms with van der Waals surface area (Å²) >= 11 is 1.79. The smallest absolute Gasteiger partial charge is 0.226 e. The fraction of sp³-hybridized carbons (Fsp3) is 0.474. The molecule has 148 valence electrons. The van der Waals surface area contributed by atoms with Gasteiger partial charge >= 0.3 is 0 Å². The summed E-state index contributed by atoms with van der Waals surface area (Å²) in [4.78, 5) is 9.06. The highest BCUT2D eigenvalue weighted by atomic mass is 127. The zero-order valence-electron chi connectivity index (χ0n) is 15.7. The number of hydrogen-bond acceptors (Lipinski definition) is 5. The Morgan fingerprint density at radius 2 is 2.11 bits per heavy atom. The maximum atomic E-state index is 10.4. The number of oxazole rings is 1. The van der Waals surface area contributed by atoms with E-state index in [9.17, 15) is 5.11 Å². The number of hydrogen-bond donors (Lipinski definition) is 3. The quantitative estimate of drug-likeness (QED) is 0.320. The van der Waals surface area contributed by atoms with Crippen LogP contribution in [-0.2, 0) is 6.54 Å². The van der Waals surface area contributed by atoms with Gasteiger partial charge in [0.1, 0.15) is 12.0 Å². The van der Waals surface area contributed by atoms with Crippen molar-refractivity contribution in [2.75, 3.05) is 24.6 Å². The zero-order chi connectivity index (χ0) is 18.4. The molecule has 0 amide bonds. The number of aliphatic hydroxyl groups is 1. The van der Waals surface area contributed by atoms with E-state index >= 15 is 0 Å². The second kappa shape index (κ2) is 10.3. The van der Waals surface area contributed by atoms with Crippen molar-refractivity contribution < 1.29 is 9.52 Å². The molecule has 1 aliphatic heterocycles. The van der Waals surface area contributed by atoms with E-state index in [0.717, 1.165) is 35.7 Å². The number of thioether (sulfide) groups is 1. The van der Waals surface area contributed by atoms with Crippen LogP contribution in [0.4, 0.5) is 0 Å². The number of halogens is 1. The molecule has 1 saturated heterocycles. The number of guanidine groups is 1. The average molecular weight is 502 g/mol. The van der Waals surface area contributed by atoms with Gasteiger partial charge in [0.15, 0.2) is 5.96 Å². The Balaban J connectivity index is 0.00000261. The Hall–Kier alpha value is -1.26. The highest BCUT2D eigenvalue weighted by Crippen LogP contribution is 2.26. The first-order valence-electron chi connectivity index (χ1n) is 8.92. The molecule has 0 aliphatic carbocycles. The molecule has 0 bridgehead atoms. The fourth-order valence-electron chi connectivity index (χ4n) is 2.69. The second-order valence-electron chi connectivity index (χ2n) is 6.59. The van der Waals surface area contributed by atoms with Crippen LogP contribution < -0.4 is 10.6 Å². The first-order valence-corrected chi connectivity index (χ1v) is 10.1. The summed E-state index contributed by atoms with van der Waals surface area (Å²) in [7, 11) is 0. The molecule has 2 aromatic rings. The number of aromatic nitrogens is 1. The Morgan fingerprint density at radius 3 is 2.78 bits per heavy atom. The van der Waals surface area contributed by atoms with Gasteiger partial charge in [0.25, 0.3) is 0 Å². The third-order valence-corrected chi connectivity index (χ3v) is 5.50. The molecule has 0 radical (unpaired) electrons. The molecular weight excluding hydrogens is 475 g/mol. The van der Waals surface area contributed by atoms with Gasteiger partial charge in [0, 0.05) is 24.4 Å². The molecule has 3 N–H and O–H groups in total. The summed E-state index contributed by atoms with van der Waals surface area (Å²) in [6, 6.07) is 8.08. The predicted molar refractivity (Wildman–Crippen MR) is 122 cm³/mol. The number of aryl methyl sites for hydroxylation is 1. The van der Waals surface area contributed by atoms with E-state index in [1.165, 1.54) is 5.56 Å². The summed E-state index contributed by atoms with van der Waals surface area (Å²) < 4.78 is 5.58. The molecule has 3 rings (SSSR count). The molecule has 6 nitrogen and oxygen atoms in total. The summed E-state index contributed by atoms with van der Waals surface area (Å²) in [6.07, 6.45) is 2.46. The van der Waals surface area contributed by atoms with Crippen LogP contribution >= 0.6 is 35.7 Å². The lowest BCUT2D eigenvalue weighted by Gasteiger charge is -2.23. The standard InChI is InChI=1S/C19H26N4O2S.HI/c1-3-20-18(22-12-19(24)8-9-26-13-19)21-10-16-11-25-17(23-16)15-6-4-14(2)5-7-15;/h4-7,11,24H,3,8-10,12-13H2,1-2H3,(H2,20,21,22);1H. The highest BCUT2D eigenvalue weighted by Gasteiger charge is 2.31. The predicted octanol–water partition coefficient (Wildman–Crippen LogP) is 3.19. The molecule has 27 heavy (non-hydrogen) atoms. The molecule has 1 fully saturated rings. The topological polar surface area (TPSA) is 82.7 Å². The third-order valence-electron chi connectivity index (χ3n) is 4.26. The van der Waals surface area contributed by atoms with E-state index in [1.807, 2.05) is 31.2 Å². The van der Waals surface area contributed by atoms with E-state index < -0.39 is 5.60 Å². The number of nitrogens with zero attached hydrogens (tertiary/aromatic N) is 2. The average Bonchev–Trinajstić information content (AvgIpc) is 3.28.